The summed E-state index contributed by atoms with van der Waals surface area (Å²) in [4.78, 5) is 0. The van der Waals surface area contributed by atoms with Crippen molar-refractivity contribution in [3.8, 4) is 0 Å². The molecule has 0 aromatic heterocycles. The molecule has 0 aliphatic carbocycles. The fourth-order valence-electron chi connectivity index (χ4n) is 1.84. The highest BCUT2D eigenvalue weighted by Gasteiger charge is 2.24. The van der Waals surface area contributed by atoms with Crippen molar-refractivity contribution in [2.75, 3.05) is 30.9 Å². The van der Waals surface area contributed by atoms with Crippen molar-refractivity contribution in [2.45, 2.75) is 6.92 Å². The van der Waals surface area contributed by atoms with E-state index in [1.54, 1.807) is 6.92 Å². The van der Waals surface area contributed by atoms with Gasteiger partial charge in [-0.1, -0.05) is 0 Å². The molecule has 1 fully saturated rings. The Hall–Kier alpha value is -0.700. The zero-order valence-corrected chi connectivity index (χ0v) is 12.8. The molecule has 1 aliphatic heterocycles. The Labute approximate surface area is 120 Å². The summed E-state index contributed by atoms with van der Waals surface area (Å²) in [6, 6.07) is 2.73. The van der Waals surface area contributed by atoms with Crippen LogP contribution in [0.4, 0.5) is 10.1 Å². The molecule has 19 heavy (non-hydrogen) atoms. The van der Waals surface area contributed by atoms with Crippen molar-refractivity contribution in [3.63, 3.8) is 0 Å². The quantitative estimate of drug-likeness (QED) is 0.866. The number of piperazine rings is 1. The molecule has 2 N–H and O–H groups in total. The summed E-state index contributed by atoms with van der Waals surface area (Å²) < 4.78 is 41.8. The lowest BCUT2D eigenvalue weighted by molar-refractivity contribution is 0.362. The standard InChI is InChI=1S/C11H15BrFN3O2S/c1-8-6-10(13)9(12)7-11(8)15-19(17,18)16-4-2-14-3-5-16/h6-7,14-15H,2-5H2,1H3. The molecule has 0 radical (unpaired) electrons. The Morgan fingerprint density at radius 2 is 2.00 bits per heavy atom. The van der Waals surface area contributed by atoms with Gasteiger partial charge in [0.25, 0.3) is 0 Å². The number of nitrogens with zero attached hydrogens (tertiary/aromatic N) is 1. The molecule has 0 amide bonds. The van der Waals surface area contributed by atoms with E-state index >= 15 is 0 Å². The van der Waals surface area contributed by atoms with Crippen LogP contribution < -0.4 is 10.0 Å². The van der Waals surface area contributed by atoms with E-state index in [4.69, 9.17) is 0 Å². The van der Waals surface area contributed by atoms with Crippen molar-refractivity contribution in [3.05, 3.63) is 28.0 Å². The van der Waals surface area contributed by atoms with Crippen LogP contribution in [0.25, 0.3) is 0 Å². The Bertz CT molecular complexity index is 574. The molecule has 2 rings (SSSR count). The lowest BCUT2D eigenvalue weighted by atomic mass is 10.2. The van der Waals surface area contributed by atoms with E-state index in [0.717, 1.165) is 0 Å². The Kier molecular flexibility index (Phi) is 4.44. The molecular formula is C11H15BrFN3O2S. The third kappa shape index (κ3) is 3.44. The van der Waals surface area contributed by atoms with Crippen molar-refractivity contribution < 1.29 is 12.8 Å². The Balaban J connectivity index is 2.22. The first-order chi connectivity index (χ1) is 8.90. The van der Waals surface area contributed by atoms with Crippen LogP contribution in [-0.2, 0) is 10.2 Å². The van der Waals surface area contributed by atoms with Gasteiger partial charge >= 0.3 is 10.2 Å². The average molecular weight is 352 g/mol. The number of rotatable bonds is 3. The van der Waals surface area contributed by atoms with Crippen LogP contribution in [0.1, 0.15) is 5.56 Å². The van der Waals surface area contributed by atoms with E-state index in [2.05, 4.69) is 26.0 Å². The molecular weight excluding hydrogens is 337 g/mol. The smallest absolute Gasteiger partial charge is 0.301 e. The number of halogens is 2. The summed E-state index contributed by atoms with van der Waals surface area (Å²) in [5, 5.41) is 3.09. The summed E-state index contributed by atoms with van der Waals surface area (Å²) in [7, 11) is -3.59. The first-order valence-corrected chi connectivity index (χ1v) is 8.08. The molecule has 1 saturated heterocycles. The molecule has 1 aromatic rings. The van der Waals surface area contributed by atoms with E-state index in [-0.39, 0.29) is 4.47 Å². The van der Waals surface area contributed by atoms with E-state index in [1.807, 2.05) is 0 Å². The summed E-state index contributed by atoms with van der Waals surface area (Å²) in [6.07, 6.45) is 0. The normalized spacial score (nSPS) is 17.4. The van der Waals surface area contributed by atoms with E-state index in [9.17, 15) is 12.8 Å². The first-order valence-electron chi connectivity index (χ1n) is 5.84. The lowest BCUT2D eigenvalue weighted by Gasteiger charge is -2.27. The minimum atomic E-state index is -3.59. The van der Waals surface area contributed by atoms with Gasteiger partial charge < -0.3 is 5.32 Å². The van der Waals surface area contributed by atoms with Crippen LogP contribution in [0.3, 0.4) is 0 Å². The number of anilines is 1. The Morgan fingerprint density at radius 1 is 1.37 bits per heavy atom. The van der Waals surface area contributed by atoms with E-state index in [1.165, 1.54) is 16.4 Å². The third-order valence-corrected chi connectivity index (χ3v) is 5.05. The molecule has 1 aromatic carbocycles. The van der Waals surface area contributed by atoms with Gasteiger partial charge in [-0.05, 0) is 40.5 Å². The largest absolute Gasteiger partial charge is 0.314 e. The highest BCUT2D eigenvalue weighted by molar-refractivity contribution is 9.10. The molecule has 0 bridgehead atoms. The topological polar surface area (TPSA) is 61.4 Å². The maximum atomic E-state index is 13.3. The maximum absolute atomic E-state index is 13.3. The van der Waals surface area contributed by atoms with Gasteiger partial charge in [0.05, 0.1) is 10.2 Å². The van der Waals surface area contributed by atoms with Gasteiger partial charge in [-0.15, -0.1) is 0 Å². The number of hydrogen-bond donors (Lipinski definition) is 2. The van der Waals surface area contributed by atoms with Gasteiger partial charge in [0, 0.05) is 26.2 Å². The molecule has 0 atom stereocenters. The number of aryl methyl sites for hydroxylation is 1. The second-order valence-electron chi connectivity index (χ2n) is 4.34. The molecule has 8 heteroatoms. The fourth-order valence-corrected chi connectivity index (χ4v) is 3.48. The van der Waals surface area contributed by atoms with E-state index in [0.29, 0.717) is 37.4 Å². The summed E-state index contributed by atoms with van der Waals surface area (Å²) in [5.74, 6) is -0.414. The van der Waals surface area contributed by atoms with Gasteiger partial charge in [-0.25, -0.2) is 4.39 Å². The van der Waals surface area contributed by atoms with Gasteiger partial charge in [0.15, 0.2) is 0 Å². The molecule has 1 heterocycles. The summed E-state index contributed by atoms with van der Waals surface area (Å²) in [6.45, 7) is 3.78. The van der Waals surface area contributed by atoms with Crippen molar-refractivity contribution in [2.24, 2.45) is 0 Å². The maximum Gasteiger partial charge on any atom is 0.301 e. The minimum Gasteiger partial charge on any atom is -0.314 e. The van der Waals surface area contributed by atoms with E-state index < -0.39 is 16.0 Å². The number of nitrogens with one attached hydrogen (secondary N) is 2. The summed E-state index contributed by atoms with van der Waals surface area (Å²) >= 11 is 3.05. The van der Waals surface area contributed by atoms with Gasteiger partial charge in [-0.2, -0.15) is 12.7 Å². The second kappa shape index (κ2) is 5.74. The third-order valence-electron chi connectivity index (χ3n) is 2.92. The number of hydrogen-bond acceptors (Lipinski definition) is 3. The monoisotopic (exact) mass is 351 g/mol. The van der Waals surface area contributed by atoms with Gasteiger partial charge in [0.2, 0.25) is 0 Å². The van der Waals surface area contributed by atoms with Crippen molar-refractivity contribution in [1.82, 2.24) is 9.62 Å². The predicted octanol–water partition coefficient (Wildman–Crippen LogP) is 1.46. The average Bonchev–Trinajstić information content (AvgIpc) is 2.37. The number of benzene rings is 1. The fraction of sp³-hybridized carbons (Fsp3) is 0.455. The molecule has 0 saturated carbocycles. The summed E-state index contributed by atoms with van der Waals surface area (Å²) in [5.41, 5.74) is 0.922. The lowest BCUT2D eigenvalue weighted by Crippen LogP contribution is -2.48. The van der Waals surface area contributed by atoms with Crippen molar-refractivity contribution >= 4 is 31.8 Å². The predicted molar refractivity (Wildman–Crippen MR) is 75.8 cm³/mol. The zero-order valence-electron chi connectivity index (χ0n) is 10.4. The SMILES string of the molecule is Cc1cc(F)c(Br)cc1NS(=O)(=O)N1CCNCC1. The minimum absolute atomic E-state index is 0.233. The Morgan fingerprint density at radius 3 is 2.63 bits per heavy atom. The van der Waals surface area contributed by atoms with Crippen LogP contribution in [0.5, 0.6) is 0 Å². The van der Waals surface area contributed by atoms with Gasteiger partial charge in [0.1, 0.15) is 5.82 Å². The van der Waals surface area contributed by atoms with Crippen LogP contribution in [0.15, 0.2) is 16.6 Å². The van der Waals surface area contributed by atoms with Crippen LogP contribution in [0.2, 0.25) is 0 Å². The van der Waals surface area contributed by atoms with Crippen LogP contribution in [-0.4, -0.2) is 38.9 Å². The van der Waals surface area contributed by atoms with Crippen LogP contribution in [0, 0.1) is 12.7 Å². The van der Waals surface area contributed by atoms with Crippen LogP contribution >= 0.6 is 15.9 Å². The highest BCUT2D eigenvalue weighted by Crippen LogP contribution is 2.25. The molecule has 5 nitrogen and oxygen atoms in total. The second-order valence-corrected chi connectivity index (χ2v) is 6.86. The highest BCUT2D eigenvalue weighted by atomic mass is 79.9. The van der Waals surface area contributed by atoms with Crippen molar-refractivity contribution in [1.29, 1.82) is 0 Å². The zero-order chi connectivity index (χ0) is 14.0. The molecule has 106 valence electrons. The first kappa shape index (κ1) is 14.7. The molecule has 1 aliphatic rings. The molecule has 0 unspecified atom stereocenters. The molecule has 0 spiro atoms. The van der Waals surface area contributed by atoms with Gasteiger partial charge in [-0.3, -0.25) is 4.72 Å².